The predicted octanol–water partition coefficient (Wildman–Crippen LogP) is 1.73. The third-order valence-electron chi connectivity index (χ3n) is 2.26. The number of fused-ring (bicyclic) bond motifs is 1. The Morgan fingerprint density at radius 3 is 2.92 bits per heavy atom. The molecule has 0 amide bonds. The fourth-order valence-corrected chi connectivity index (χ4v) is 2.82. The molecule has 0 spiro atoms. The Labute approximate surface area is 80.0 Å². The second-order valence-electron chi connectivity index (χ2n) is 3.03. The van der Waals surface area contributed by atoms with Gasteiger partial charge in [0.1, 0.15) is 5.75 Å². The molecule has 1 aromatic heterocycles. The zero-order chi connectivity index (χ0) is 9.42. The highest BCUT2D eigenvalue weighted by Crippen LogP contribution is 2.40. The third kappa shape index (κ3) is 1.21. The summed E-state index contributed by atoms with van der Waals surface area (Å²) >= 11 is 1.36. The maximum Gasteiger partial charge on any atom is 0.351 e. The molecule has 1 heterocycles. The monoisotopic (exact) mass is 198 g/mol. The number of carbonyl (C=O) groups excluding carboxylic acids is 1. The molecule has 0 aliphatic heterocycles. The topological polar surface area (TPSA) is 46.5 Å². The van der Waals surface area contributed by atoms with E-state index in [1.807, 2.05) is 0 Å². The van der Waals surface area contributed by atoms with Crippen molar-refractivity contribution in [1.82, 2.24) is 0 Å². The van der Waals surface area contributed by atoms with Gasteiger partial charge in [0.15, 0.2) is 4.88 Å². The van der Waals surface area contributed by atoms with Gasteiger partial charge in [-0.3, -0.25) is 0 Å². The van der Waals surface area contributed by atoms with Crippen molar-refractivity contribution >= 4 is 17.3 Å². The summed E-state index contributed by atoms with van der Waals surface area (Å²) in [5, 5.41) is 9.66. The van der Waals surface area contributed by atoms with Gasteiger partial charge in [-0.2, -0.15) is 0 Å². The zero-order valence-electron chi connectivity index (χ0n) is 7.29. The van der Waals surface area contributed by atoms with Crippen LogP contribution in [0.4, 0.5) is 0 Å². The number of methoxy groups -OCH3 is 1. The number of hydrogen-bond acceptors (Lipinski definition) is 4. The van der Waals surface area contributed by atoms with E-state index in [2.05, 4.69) is 4.74 Å². The van der Waals surface area contributed by atoms with Crippen LogP contribution in [0, 0.1) is 0 Å². The predicted molar refractivity (Wildman–Crippen MR) is 49.3 cm³/mol. The summed E-state index contributed by atoms with van der Waals surface area (Å²) in [6, 6.07) is 0. The molecule has 2 rings (SSSR count). The number of aromatic hydroxyl groups is 1. The highest BCUT2D eigenvalue weighted by Gasteiger charge is 2.25. The number of carbonyl (C=O) groups is 1. The molecule has 0 fully saturated rings. The van der Waals surface area contributed by atoms with E-state index in [0.29, 0.717) is 4.88 Å². The van der Waals surface area contributed by atoms with Gasteiger partial charge in [0.25, 0.3) is 0 Å². The van der Waals surface area contributed by atoms with E-state index in [0.717, 1.165) is 29.7 Å². The summed E-state index contributed by atoms with van der Waals surface area (Å²) in [6.07, 6.45) is 2.94. The van der Waals surface area contributed by atoms with Crippen molar-refractivity contribution in [3.05, 3.63) is 15.3 Å². The summed E-state index contributed by atoms with van der Waals surface area (Å²) in [4.78, 5) is 12.7. The summed E-state index contributed by atoms with van der Waals surface area (Å²) in [7, 11) is 1.33. The first-order valence-corrected chi connectivity index (χ1v) is 4.97. The van der Waals surface area contributed by atoms with Crippen LogP contribution in [0.25, 0.3) is 0 Å². The van der Waals surface area contributed by atoms with Crippen LogP contribution in [0.5, 0.6) is 5.75 Å². The first-order valence-electron chi connectivity index (χ1n) is 4.16. The molecule has 0 saturated heterocycles. The van der Waals surface area contributed by atoms with Crippen molar-refractivity contribution in [2.24, 2.45) is 0 Å². The average Bonchev–Trinajstić information content (AvgIpc) is 2.68. The lowest BCUT2D eigenvalue weighted by Crippen LogP contribution is -1.98. The minimum atomic E-state index is -0.433. The van der Waals surface area contributed by atoms with E-state index in [4.69, 9.17) is 0 Å². The van der Waals surface area contributed by atoms with Crippen LogP contribution in [0.15, 0.2) is 0 Å². The van der Waals surface area contributed by atoms with Crippen molar-refractivity contribution in [3.63, 3.8) is 0 Å². The summed E-state index contributed by atoms with van der Waals surface area (Å²) in [6.45, 7) is 0. The second kappa shape index (κ2) is 3.03. The van der Waals surface area contributed by atoms with Crippen LogP contribution < -0.4 is 0 Å². The van der Waals surface area contributed by atoms with Crippen molar-refractivity contribution in [1.29, 1.82) is 0 Å². The van der Waals surface area contributed by atoms with E-state index in [1.165, 1.54) is 18.4 Å². The largest absolute Gasteiger partial charge is 0.506 e. The standard InChI is InChI=1S/C9H10O3S/c1-12-9(11)8-7(10)5-3-2-4-6(5)13-8/h10H,2-4H2,1H3. The molecule has 0 saturated carbocycles. The molecule has 0 radical (unpaired) electrons. The van der Waals surface area contributed by atoms with Crippen molar-refractivity contribution in [3.8, 4) is 5.75 Å². The highest BCUT2D eigenvalue weighted by molar-refractivity contribution is 7.14. The van der Waals surface area contributed by atoms with E-state index in [1.54, 1.807) is 0 Å². The Balaban J connectivity index is 2.44. The number of hydrogen-bond donors (Lipinski definition) is 1. The summed E-state index contributed by atoms with van der Waals surface area (Å²) in [5.74, 6) is -0.291. The summed E-state index contributed by atoms with van der Waals surface area (Å²) in [5.41, 5.74) is 0.949. The second-order valence-corrected chi connectivity index (χ2v) is 4.13. The van der Waals surface area contributed by atoms with Crippen molar-refractivity contribution < 1.29 is 14.6 Å². The Bertz CT molecular complexity index is 354. The van der Waals surface area contributed by atoms with Gasteiger partial charge < -0.3 is 9.84 Å². The molecule has 0 aromatic carbocycles. The molecule has 1 aliphatic carbocycles. The molecule has 70 valence electrons. The van der Waals surface area contributed by atoms with Gasteiger partial charge >= 0.3 is 5.97 Å². The molecule has 3 nitrogen and oxygen atoms in total. The first-order chi connectivity index (χ1) is 6.24. The zero-order valence-corrected chi connectivity index (χ0v) is 8.11. The minimum absolute atomic E-state index is 0.143. The number of ether oxygens (including phenoxy) is 1. The van der Waals surface area contributed by atoms with Gasteiger partial charge in [-0.1, -0.05) is 0 Å². The van der Waals surface area contributed by atoms with Crippen LogP contribution >= 0.6 is 11.3 Å². The lowest BCUT2D eigenvalue weighted by molar-refractivity contribution is 0.0603. The van der Waals surface area contributed by atoms with Crippen LogP contribution in [-0.2, 0) is 17.6 Å². The van der Waals surface area contributed by atoms with Gasteiger partial charge in [0.05, 0.1) is 7.11 Å². The van der Waals surface area contributed by atoms with Gasteiger partial charge in [-0.15, -0.1) is 11.3 Å². The quantitative estimate of drug-likeness (QED) is 0.699. The fourth-order valence-electron chi connectivity index (χ4n) is 1.62. The molecule has 1 aromatic rings. The van der Waals surface area contributed by atoms with Crippen LogP contribution in [0.2, 0.25) is 0 Å². The van der Waals surface area contributed by atoms with Gasteiger partial charge in [0.2, 0.25) is 0 Å². The number of aryl methyl sites for hydroxylation is 1. The Hall–Kier alpha value is -1.03. The summed E-state index contributed by atoms with van der Waals surface area (Å²) < 4.78 is 4.57. The highest BCUT2D eigenvalue weighted by atomic mass is 32.1. The molecule has 0 atom stereocenters. The van der Waals surface area contributed by atoms with Crippen molar-refractivity contribution in [2.45, 2.75) is 19.3 Å². The van der Waals surface area contributed by atoms with E-state index in [-0.39, 0.29) is 5.75 Å². The van der Waals surface area contributed by atoms with E-state index < -0.39 is 5.97 Å². The SMILES string of the molecule is COC(=O)c1sc2c(c1O)CCC2. The van der Waals surface area contributed by atoms with Gasteiger partial charge in [-0.05, 0) is 19.3 Å². The Morgan fingerprint density at radius 2 is 2.31 bits per heavy atom. The van der Waals surface area contributed by atoms with Gasteiger partial charge in [0, 0.05) is 10.4 Å². The number of thiophene rings is 1. The smallest absolute Gasteiger partial charge is 0.351 e. The van der Waals surface area contributed by atoms with Crippen LogP contribution in [0.1, 0.15) is 26.5 Å². The molecular formula is C9H10O3S. The normalized spacial score (nSPS) is 14.2. The minimum Gasteiger partial charge on any atom is -0.506 e. The third-order valence-corrected chi connectivity index (χ3v) is 3.53. The maximum absolute atomic E-state index is 11.2. The fraction of sp³-hybridized carbons (Fsp3) is 0.444. The lowest BCUT2D eigenvalue weighted by atomic mass is 10.2. The molecular weight excluding hydrogens is 188 g/mol. The molecule has 0 bridgehead atoms. The molecule has 1 N–H and O–H groups in total. The molecule has 13 heavy (non-hydrogen) atoms. The molecule has 4 heteroatoms. The van der Waals surface area contributed by atoms with Crippen molar-refractivity contribution in [2.75, 3.05) is 7.11 Å². The molecule has 0 unspecified atom stereocenters. The maximum atomic E-state index is 11.2. The van der Waals surface area contributed by atoms with Crippen LogP contribution in [-0.4, -0.2) is 18.2 Å². The van der Waals surface area contributed by atoms with E-state index in [9.17, 15) is 9.90 Å². The first kappa shape index (κ1) is 8.56. The molecule has 1 aliphatic rings. The number of esters is 1. The van der Waals surface area contributed by atoms with Crippen LogP contribution in [0.3, 0.4) is 0 Å². The van der Waals surface area contributed by atoms with Gasteiger partial charge in [-0.25, -0.2) is 4.79 Å². The lowest BCUT2D eigenvalue weighted by Gasteiger charge is -1.96. The average molecular weight is 198 g/mol. The Morgan fingerprint density at radius 1 is 1.54 bits per heavy atom. The Kier molecular flexibility index (Phi) is 2.00. The van der Waals surface area contributed by atoms with E-state index >= 15 is 0 Å². The number of rotatable bonds is 1.